The van der Waals surface area contributed by atoms with Crippen molar-refractivity contribution in [1.29, 1.82) is 0 Å². The van der Waals surface area contributed by atoms with Crippen molar-refractivity contribution in [2.45, 2.75) is 26.2 Å². The summed E-state index contributed by atoms with van der Waals surface area (Å²) in [5, 5.41) is 12.1. The van der Waals surface area contributed by atoms with Crippen molar-refractivity contribution in [1.82, 2.24) is 9.78 Å². The summed E-state index contributed by atoms with van der Waals surface area (Å²) in [5.74, 6) is 0.640. The fraction of sp³-hybridized carbons (Fsp3) is 0.192. The molecule has 0 fully saturated rings. The van der Waals surface area contributed by atoms with Crippen LogP contribution in [0.4, 0.5) is 30.4 Å². The summed E-state index contributed by atoms with van der Waals surface area (Å²) in [6.07, 6.45) is -4.44. The SMILES string of the molecule is C=C(C)CNc1ccc(N)cc1CNc1c2ccccc2nn1Cc1ccccc1C(F)(F)F. The molecule has 0 saturated heterocycles. The highest BCUT2D eigenvalue weighted by Gasteiger charge is 2.33. The van der Waals surface area contributed by atoms with Crippen molar-refractivity contribution in [3.05, 3.63) is 95.6 Å². The molecular formula is C26H26F3N5. The van der Waals surface area contributed by atoms with Crippen molar-refractivity contribution in [3.63, 3.8) is 0 Å². The second-order valence-corrected chi connectivity index (χ2v) is 8.26. The van der Waals surface area contributed by atoms with Gasteiger partial charge in [0.15, 0.2) is 0 Å². The summed E-state index contributed by atoms with van der Waals surface area (Å²) in [6.45, 7) is 6.85. The summed E-state index contributed by atoms with van der Waals surface area (Å²) in [6, 6.07) is 18.6. The normalized spacial score (nSPS) is 11.5. The van der Waals surface area contributed by atoms with Crippen LogP contribution < -0.4 is 16.4 Å². The molecule has 0 spiro atoms. The number of halogens is 3. The van der Waals surface area contributed by atoms with Crippen LogP contribution in [-0.4, -0.2) is 16.3 Å². The first kappa shape index (κ1) is 23.2. The van der Waals surface area contributed by atoms with Gasteiger partial charge in [0.25, 0.3) is 0 Å². The van der Waals surface area contributed by atoms with E-state index < -0.39 is 11.7 Å². The summed E-state index contributed by atoms with van der Waals surface area (Å²) in [4.78, 5) is 0. The van der Waals surface area contributed by atoms with Gasteiger partial charge in [-0.2, -0.15) is 18.3 Å². The summed E-state index contributed by atoms with van der Waals surface area (Å²) >= 11 is 0. The molecule has 34 heavy (non-hydrogen) atoms. The molecule has 4 aromatic rings. The van der Waals surface area contributed by atoms with Gasteiger partial charge in [-0.05, 0) is 54.4 Å². The maximum absolute atomic E-state index is 13.6. The third-order valence-electron chi connectivity index (χ3n) is 5.44. The lowest BCUT2D eigenvalue weighted by Gasteiger charge is -2.17. The lowest BCUT2D eigenvalue weighted by atomic mass is 10.1. The Kier molecular flexibility index (Phi) is 6.49. The molecule has 0 saturated carbocycles. The standard InChI is InChI=1S/C26H26F3N5/c1-17(2)14-31-23-12-11-20(30)13-19(23)15-32-25-21-8-4-6-10-24(21)33-34(25)16-18-7-3-5-9-22(18)26(27,28)29/h3-13,31-32H,1,14-16,30H2,2H3. The second-order valence-electron chi connectivity index (χ2n) is 8.26. The van der Waals surface area contributed by atoms with E-state index in [-0.39, 0.29) is 12.1 Å². The molecule has 0 aliphatic heterocycles. The van der Waals surface area contributed by atoms with E-state index in [2.05, 4.69) is 22.3 Å². The number of rotatable bonds is 8. The van der Waals surface area contributed by atoms with Crippen LogP contribution in [0.2, 0.25) is 0 Å². The number of anilines is 3. The minimum Gasteiger partial charge on any atom is -0.399 e. The highest BCUT2D eigenvalue weighted by molar-refractivity contribution is 5.90. The van der Waals surface area contributed by atoms with Crippen LogP contribution in [0.3, 0.4) is 0 Å². The van der Waals surface area contributed by atoms with Crippen molar-refractivity contribution in [2.24, 2.45) is 0 Å². The molecule has 0 radical (unpaired) electrons. The Labute approximate surface area is 196 Å². The van der Waals surface area contributed by atoms with Gasteiger partial charge in [-0.3, -0.25) is 0 Å². The van der Waals surface area contributed by atoms with Crippen LogP contribution in [0.1, 0.15) is 23.6 Å². The molecule has 1 aromatic heterocycles. The van der Waals surface area contributed by atoms with Crippen molar-refractivity contribution in [3.8, 4) is 0 Å². The number of benzene rings is 3. The Morgan fingerprint density at radius 2 is 1.74 bits per heavy atom. The summed E-state index contributed by atoms with van der Waals surface area (Å²) in [5.41, 5.74) is 9.64. The number of nitrogens with two attached hydrogens (primary N) is 1. The van der Waals surface area contributed by atoms with Gasteiger partial charge < -0.3 is 16.4 Å². The Hall–Kier alpha value is -3.94. The number of aromatic nitrogens is 2. The third-order valence-corrected chi connectivity index (χ3v) is 5.44. The van der Waals surface area contributed by atoms with Gasteiger partial charge in [-0.1, -0.05) is 42.5 Å². The number of hydrogen-bond acceptors (Lipinski definition) is 4. The van der Waals surface area contributed by atoms with E-state index in [0.717, 1.165) is 28.3 Å². The largest absolute Gasteiger partial charge is 0.416 e. The highest BCUT2D eigenvalue weighted by atomic mass is 19.4. The van der Waals surface area contributed by atoms with Gasteiger partial charge in [-0.25, -0.2) is 4.68 Å². The monoisotopic (exact) mass is 465 g/mol. The van der Waals surface area contributed by atoms with Crippen molar-refractivity contribution in [2.75, 3.05) is 22.9 Å². The Morgan fingerprint density at radius 1 is 1.00 bits per heavy atom. The van der Waals surface area contributed by atoms with E-state index in [4.69, 9.17) is 5.73 Å². The lowest BCUT2D eigenvalue weighted by molar-refractivity contribution is -0.138. The maximum atomic E-state index is 13.6. The molecule has 4 rings (SSSR count). The predicted molar refractivity (Wildman–Crippen MR) is 132 cm³/mol. The first-order valence-corrected chi connectivity index (χ1v) is 10.8. The van der Waals surface area contributed by atoms with E-state index in [1.165, 1.54) is 12.1 Å². The molecule has 176 valence electrons. The third kappa shape index (κ3) is 5.17. The highest BCUT2D eigenvalue weighted by Crippen LogP contribution is 2.33. The van der Waals surface area contributed by atoms with Crippen LogP contribution in [0.5, 0.6) is 0 Å². The van der Waals surface area contributed by atoms with Gasteiger partial charge in [0.1, 0.15) is 5.82 Å². The van der Waals surface area contributed by atoms with Crippen LogP contribution in [0.25, 0.3) is 10.9 Å². The molecule has 0 atom stereocenters. The number of hydrogen-bond donors (Lipinski definition) is 3. The van der Waals surface area contributed by atoms with Gasteiger partial charge in [0.05, 0.1) is 17.6 Å². The Balaban J connectivity index is 1.68. The fourth-order valence-electron chi connectivity index (χ4n) is 3.83. The second kappa shape index (κ2) is 9.51. The van der Waals surface area contributed by atoms with Gasteiger partial charge in [0.2, 0.25) is 0 Å². The van der Waals surface area contributed by atoms with E-state index >= 15 is 0 Å². The van der Waals surface area contributed by atoms with Gasteiger partial charge >= 0.3 is 6.18 Å². The molecule has 4 N–H and O–H groups in total. The van der Waals surface area contributed by atoms with Crippen LogP contribution in [-0.2, 0) is 19.3 Å². The van der Waals surface area contributed by atoms with Gasteiger partial charge in [0, 0.05) is 29.9 Å². The molecule has 0 aliphatic rings. The first-order valence-electron chi connectivity index (χ1n) is 10.8. The predicted octanol–water partition coefficient (Wildman–Crippen LogP) is 6.29. The van der Waals surface area contributed by atoms with Crippen LogP contribution >= 0.6 is 0 Å². The zero-order valence-corrected chi connectivity index (χ0v) is 18.8. The summed E-state index contributed by atoms with van der Waals surface area (Å²) < 4.78 is 42.3. The lowest BCUT2D eigenvalue weighted by Crippen LogP contribution is -2.15. The minimum atomic E-state index is -4.44. The number of alkyl halides is 3. The van der Waals surface area contributed by atoms with Crippen LogP contribution in [0.15, 0.2) is 78.9 Å². The van der Waals surface area contributed by atoms with Crippen molar-refractivity contribution >= 4 is 28.1 Å². The van der Waals surface area contributed by atoms with E-state index in [1.807, 2.05) is 49.4 Å². The Morgan fingerprint density at radius 3 is 2.50 bits per heavy atom. The summed E-state index contributed by atoms with van der Waals surface area (Å²) in [7, 11) is 0. The fourth-order valence-corrected chi connectivity index (χ4v) is 3.83. The topological polar surface area (TPSA) is 67.9 Å². The first-order chi connectivity index (χ1) is 16.2. The number of fused-ring (bicyclic) bond motifs is 1. The molecule has 0 bridgehead atoms. The smallest absolute Gasteiger partial charge is 0.399 e. The zero-order valence-electron chi connectivity index (χ0n) is 18.8. The van der Waals surface area contributed by atoms with E-state index in [1.54, 1.807) is 10.7 Å². The molecule has 3 aromatic carbocycles. The quantitative estimate of drug-likeness (QED) is 0.211. The molecule has 0 amide bonds. The molecule has 5 nitrogen and oxygen atoms in total. The number of nitrogens with zero attached hydrogens (tertiary/aromatic N) is 2. The molecular weight excluding hydrogens is 439 g/mol. The maximum Gasteiger partial charge on any atom is 0.416 e. The van der Waals surface area contributed by atoms with Crippen molar-refractivity contribution < 1.29 is 13.2 Å². The average Bonchev–Trinajstić information content (AvgIpc) is 3.13. The van der Waals surface area contributed by atoms with E-state index in [9.17, 15) is 13.2 Å². The van der Waals surface area contributed by atoms with Gasteiger partial charge in [-0.15, -0.1) is 0 Å². The average molecular weight is 466 g/mol. The molecule has 0 aliphatic carbocycles. The minimum absolute atomic E-state index is 0.0234. The van der Waals surface area contributed by atoms with Crippen LogP contribution in [0, 0.1) is 0 Å². The number of nitrogen functional groups attached to an aromatic ring is 1. The zero-order chi connectivity index (χ0) is 24.3. The Bertz CT molecular complexity index is 1320. The molecule has 8 heteroatoms. The number of nitrogens with one attached hydrogen (secondary N) is 2. The van der Waals surface area contributed by atoms with E-state index in [0.29, 0.717) is 30.1 Å². The molecule has 0 unspecified atom stereocenters. The molecule has 1 heterocycles.